The van der Waals surface area contributed by atoms with Crippen LogP contribution >= 0.6 is 11.6 Å². The van der Waals surface area contributed by atoms with E-state index in [2.05, 4.69) is 5.32 Å². The molecule has 2 heterocycles. The number of halogens is 1. The lowest BCUT2D eigenvalue weighted by Crippen LogP contribution is -2.46. The SMILES string of the molecule is O=C(NCC1(C(=O)O)CCOCC1)c1ccoc1Cl. The summed E-state index contributed by atoms with van der Waals surface area (Å²) in [5, 5.41) is 11.9. The highest BCUT2D eigenvalue weighted by atomic mass is 35.5. The second-order valence-electron chi connectivity index (χ2n) is 4.49. The van der Waals surface area contributed by atoms with Crippen molar-refractivity contribution in [1.82, 2.24) is 5.32 Å². The molecule has 7 heteroatoms. The molecular formula is C12H14ClNO5. The van der Waals surface area contributed by atoms with Crippen molar-refractivity contribution in [2.24, 2.45) is 5.41 Å². The van der Waals surface area contributed by atoms with Gasteiger partial charge in [0.25, 0.3) is 5.91 Å². The number of aliphatic carboxylic acids is 1. The highest BCUT2D eigenvalue weighted by Gasteiger charge is 2.40. The summed E-state index contributed by atoms with van der Waals surface area (Å²) in [5.41, 5.74) is -0.765. The average Bonchev–Trinajstić information content (AvgIpc) is 2.83. The van der Waals surface area contributed by atoms with Crippen molar-refractivity contribution in [2.45, 2.75) is 12.8 Å². The molecular weight excluding hydrogens is 274 g/mol. The summed E-state index contributed by atoms with van der Waals surface area (Å²) >= 11 is 5.69. The Hall–Kier alpha value is -1.53. The molecule has 1 fully saturated rings. The predicted molar refractivity (Wildman–Crippen MR) is 66.2 cm³/mol. The molecule has 0 atom stereocenters. The maximum absolute atomic E-state index is 11.9. The van der Waals surface area contributed by atoms with Crippen LogP contribution in [-0.4, -0.2) is 36.7 Å². The molecule has 1 saturated heterocycles. The number of carboxylic acids is 1. The van der Waals surface area contributed by atoms with Crippen molar-refractivity contribution in [3.8, 4) is 0 Å². The fourth-order valence-electron chi connectivity index (χ4n) is 2.03. The van der Waals surface area contributed by atoms with Gasteiger partial charge in [0, 0.05) is 19.8 Å². The van der Waals surface area contributed by atoms with Crippen LogP contribution in [0.5, 0.6) is 0 Å². The third kappa shape index (κ3) is 2.90. The van der Waals surface area contributed by atoms with E-state index in [9.17, 15) is 14.7 Å². The highest BCUT2D eigenvalue weighted by Crippen LogP contribution is 2.30. The first-order chi connectivity index (χ1) is 9.05. The van der Waals surface area contributed by atoms with Gasteiger partial charge in [-0.2, -0.15) is 0 Å². The van der Waals surface area contributed by atoms with Crippen molar-refractivity contribution in [2.75, 3.05) is 19.8 Å². The molecule has 0 aliphatic carbocycles. The number of hydrogen-bond acceptors (Lipinski definition) is 4. The zero-order chi connectivity index (χ0) is 13.9. The van der Waals surface area contributed by atoms with E-state index in [1.54, 1.807) is 0 Å². The largest absolute Gasteiger partial charge is 0.481 e. The third-order valence-corrected chi connectivity index (χ3v) is 3.65. The Morgan fingerprint density at radius 3 is 2.63 bits per heavy atom. The molecule has 1 aromatic heterocycles. The van der Waals surface area contributed by atoms with E-state index >= 15 is 0 Å². The van der Waals surface area contributed by atoms with Gasteiger partial charge in [-0.05, 0) is 30.5 Å². The number of carbonyl (C=O) groups excluding carboxylic acids is 1. The van der Waals surface area contributed by atoms with Crippen LogP contribution in [-0.2, 0) is 9.53 Å². The summed E-state index contributed by atoms with van der Waals surface area (Å²) in [6, 6.07) is 1.44. The van der Waals surface area contributed by atoms with E-state index in [0.717, 1.165) is 0 Å². The Balaban J connectivity index is 2.02. The van der Waals surface area contributed by atoms with Gasteiger partial charge in [-0.1, -0.05) is 0 Å². The normalized spacial score (nSPS) is 17.9. The number of furan rings is 1. The van der Waals surface area contributed by atoms with Gasteiger partial charge in [-0.25, -0.2) is 0 Å². The van der Waals surface area contributed by atoms with Gasteiger partial charge in [0.1, 0.15) is 0 Å². The maximum Gasteiger partial charge on any atom is 0.311 e. The molecule has 1 aliphatic heterocycles. The second kappa shape index (κ2) is 5.63. The Morgan fingerprint density at radius 1 is 1.42 bits per heavy atom. The fourth-order valence-corrected chi connectivity index (χ4v) is 2.23. The van der Waals surface area contributed by atoms with Crippen LogP contribution < -0.4 is 5.32 Å². The molecule has 19 heavy (non-hydrogen) atoms. The topological polar surface area (TPSA) is 88.8 Å². The second-order valence-corrected chi connectivity index (χ2v) is 4.83. The number of ether oxygens (including phenoxy) is 1. The third-order valence-electron chi connectivity index (χ3n) is 3.35. The molecule has 0 saturated carbocycles. The molecule has 1 aromatic rings. The number of rotatable bonds is 4. The van der Waals surface area contributed by atoms with Crippen LogP contribution in [0.3, 0.4) is 0 Å². The van der Waals surface area contributed by atoms with Crippen molar-refractivity contribution >= 4 is 23.5 Å². The monoisotopic (exact) mass is 287 g/mol. The summed E-state index contributed by atoms with van der Waals surface area (Å²) in [6.45, 7) is 0.815. The van der Waals surface area contributed by atoms with E-state index in [1.807, 2.05) is 0 Å². The quantitative estimate of drug-likeness (QED) is 0.877. The smallest absolute Gasteiger partial charge is 0.311 e. The Kier molecular flexibility index (Phi) is 4.11. The number of nitrogens with one attached hydrogen (secondary N) is 1. The molecule has 0 aromatic carbocycles. The molecule has 2 rings (SSSR count). The number of amides is 1. The lowest BCUT2D eigenvalue weighted by molar-refractivity contribution is -0.154. The average molecular weight is 288 g/mol. The van der Waals surface area contributed by atoms with Gasteiger partial charge < -0.3 is 19.6 Å². The van der Waals surface area contributed by atoms with Crippen LogP contribution in [0, 0.1) is 5.41 Å². The van der Waals surface area contributed by atoms with Crippen LogP contribution in [0.2, 0.25) is 5.22 Å². The van der Waals surface area contributed by atoms with Gasteiger partial charge in [0.2, 0.25) is 5.22 Å². The highest BCUT2D eigenvalue weighted by molar-refractivity contribution is 6.32. The molecule has 0 spiro atoms. The molecule has 0 bridgehead atoms. The van der Waals surface area contributed by atoms with Gasteiger partial charge >= 0.3 is 5.97 Å². The first-order valence-corrected chi connectivity index (χ1v) is 6.25. The minimum atomic E-state index is -0.968. The summed E-state index contributed by atoms with van der Waals surface area (Å²) in [7, 11) is 0. The molecule has 1 amide bonds. The Labute approximate surface area is 114 Å². The zero-order valence-corrected chi connectivity index (χ0v) is 10.9. The van der Waals surface area contributed by atoms with E-state index < -0.39 is 17.3 Å². The Bertz CT molecular complexity index is 478. The van der Waals surface area contributed by atoms with Crippen molar-refractivity contribution < 1.29 is 23.8 Å². The predicted octanol–water partition coefficient (Wildman–Crippen LogP) is 1.54. The summed E-state index contributed by atoms with van der Waals surface area (Å²) in [6.07, 6.45) is 2.06. The van der Waals surface area contributed by atoms with Crippen molar-refractivity contribution in [1.29, 1.82) is 0 Å². The summed E-state index contributed by atoms with van der Waals surface area (Å²) in [4.78, 5) is 23.2. The first-order valence-electron chi connectivity index (χ1n) is 5.87. The minimum Gasteiger partial charge on any atom is -0.481 e. The van der Waals surface area contributed by atoms with E-state index in [-0.39, 0.29) is 17.3 Å². The molecule has 0 radical (unpaired) electrons. The number of carboxylic acid groups (broad SMARTS) is 1. The number of hydrogen-bond donors (Lipinski definition) is 2. The standard InChI is InChI=1S/C12H14ClNO5/c13-9-8(1-4-19-9)10(15)14-7-12(11(16)17)2-5-18-6-3-12/h1,4H,2-3,5-7H2,(H,14,15)(H,16,17). The van der Waals surface area contributed by atoms with Gasteiger partial charge in [0.15, 0.2) is 0 Å². The lowest BCUT2D eigenvalue weighted by Gasteiger charge is -2.33. The van der Waals surface area contributed by atoms with Crippen molar-refractivity contribution in [3.05, 3.63) is 23.1 Å². The van der Waals surface area contributed by atoms with Crippen LogP contribution in [0.1, 0.15) is 23.2 Å². The van der Waals surface area contributed by atoms with Crippen molar-refractivity contribution in [3.63, 3.8) is 0 Å². The molecule has 1 aliphatic rings. The van der Waals surface area contributed by atoms with E-state index in [1.165, 1.54) is 12.3 Å². The molecule has 104 valence electrons. The van der Waals surface area contributed by atoms with Crippen LogP contribution in [0.15, 0.2) is 16.7 Å². The lowest BCUT2D eigenvalue weighted by atomic mass is 9.80. The van der Waals surface area contributed by atoms with Gasteiger partial charge in [-0.15, -0.1) is 0 Å². The molecule has 2 N–H and O–H groups in total. The minimum absolute atomic E-state index is 0.00569. The van der Waals surface area contributed by atoms with Gasteiger partial charge in [-0.3, -0.25) is 9.59 Å². The van der Waals surface area contributed by atoms with E-state index in [0.29, 0.717) is 26.1 Å². The van der Waals surface area contributed by atoms with Crippen LogP contribution in [0.4, 0.5) is 0 Å². The maximum atomic E-state index is 11.9. The van der Waals surface area contributed by atoms with E-state index in [4.69, 9.17) is 20.8 Å². The summed E-state index contributed by atoms with van der Waals surface area (Å²) in [5.74, 6) is -1.36. The Morgan fingerprint density at radius 2 is 2.11 bits per heavy atom. The zero-order valence-electron chi connectivity index (χ0n) is 10.1. The number of carbonyl (C=O) groups is 2. The first kappa shape index (κ1) is 13.9. The fraction of sp³-hybridized carbons (Fsp3) is 0.500. The molecule has 6 nitrogen and oxygen atoms in total. The van der Waals surface area contributed by atoms with Crippen LogP contribution in [0.25, 0.3) is 0 Å². The summed E-state index contributed by atoms with van der Waals surface area (Å²) < 4.78 is 9.98. The van der Waals surface area contributed by atoms with Gasteiger partial charge in [0.05, 0.1) is 17.2 Å². The molecule has 0 unspecified atom stereocenters.